The lowest BCUT2D eigenvalue weighted by atomic mass is 10.1. The molecule has 1 aliphatic rings. The van der Waals surface area contributed by atoms with Crippen LogP contribution in [0.3, 0.4) is 0 Å². The van der Waals surface area contributed by atoms with Crippen LogP contribution in [0, 0.1) is 5.82 Å². The molecule has 0 unspecified atom stereocenters. The number of aliphatic hydroxyl groups is 1. The molecule has 116 valence electrons. The van der Waals surface area contributed by atoms with Gasteiger partial charge in [0.25, 0.3) is 0 Å². The Balaban J connectivity index is 1.99. The maximum absolute atomic E-state index is 13.9. The molecule has 0 bridgehead atoms. The number of anilines is 1. The van der Waals surface area contributed by atoms with Gasteiger partial charge in [-0.2, -0.15) is 0 Å². The average molecular weight is 311 g/mol. The fraction of sp³-hybridized carbons (Fsp3) is 0.533. The summed E-state index contributed by atoms with van der Waals surface area (Å²) in [6, 6.07) is 4.97. The van der Waals surface area contributed by atoms with E-state index >= 15 is 0 Å². The Labute approximate surface area is 130 Å². The Kier molecular flexibility index (Phi) is 4.81. The molecule has 0 aliphatic carbocycles. The zero-order valence-corrected chi connectivity index (χ0v) is 13.3. The minimum Gasteiger partial charge on any atom is -0.389 e. The fourth-order valence-electron chi connectivity index (χ4n) is 2.61. The summed E-state index contributed by atoms with van der Waals surface area (Å²) in [6.07, 6.45) is 0. The van der Waals surface area contributed by atoms with Gasteiger partial charge >= 0.3 is 0 Å². The van der Waals surface area contributed by atoms with Crippen LogP contribution in [0.25, 0.3) is 0 Å². The van der Waals surface area contributed by atoms with Gasteiger partial charge in [0.15, 0.2) is 0 Å². The number of rotatable bonds is 4. The van der Waals surface area contributed by atoms with E-state index in [4.69, 9.17) is 18.0 Å². The molecule has 1 aromatic rings. The van der Waals surface area contributed by atoms with Crippen LogP contribution in [0.1, 0.15) is 19.4 Å². The zero-order valence-electron chi connectivity index (χ0n) is 12.5. The molecule has 2 rings (SSSR count). The van der Waals surface area contributed by atoms with Crippen molar-refractivity contribution < 1.29 is 9.50 Å². The Hall–Kier alpha value is -1.24. The summed E-state index contributed by atoms with van der Waals surface area (Å²) in [5.41, 5.74) is 5.91. The molecule has 0 spiro atoms. The van der Waals surface area contributed by atoms with Gasteiger partial charge in [-0.15, -0.1) is 0 Å². The first kappa shape index (κ1) is 16.1. The third-order valence-electron chi connectivity index (χ3n) is 3.57. The first-order valence-electron chi connectivity index (χ1n) is 7.05. The Morgan fingerprint density at radius 2 is 1.95 bits per heavy atom. The van der Waals surface area contributed by atoms with E-state index in [0.717, 1.165) is 31.9 Å². The third-order valence-corrected chi connectivity index (χ3v) is 3.79. The van der Waals surface area contributed by atoms with Crippen molar-refractivity contribution in [2.24, 2.45) is 5.73 Å². The number of hydrogen-bond donors (Lipinski definition) is 2. The van der Waals surface area contributed by atoms with Gasteiger partial charge in [0.1, 0.15) is 10.8 Å². The van der Waals surface area contributed by atoms with Crippen molar-refractivity contribution in [2.45, 2.75) is 19.4 Å². The second kappa shape index (κ2) is 6.25. The van der Waals surface area contributed by atoms with Gasteiger partial charge in [0.05, 0.1) is 5.60 Å². The van der Waals surface area contributed by atoms with Crippen molar-refractivity contribution in [3.05, 3.63) is 29.6 Å². The lowest BCUT2D eigenvalue weighted by Gasteiger charge is -2.38. The topological polar surface area (TPSA) is 52.7 Å². The molecule has 1 heterocycles. The second-order valence-corrected chi connectivity index (χ2v) is 6.54. The van der Waals surface area contributed by atoms with E-state index in [1.165, 1.54) is 6.07 Å². The van der Waals surface area contributed by atoms with E-state index in [1.807, 2.05) is 19.9 Å². The number of benzene rings is 1. The first-order chi connectivity index (χ1) is 9.76. The largest absolute Gasteiger partial charge is 0.389 e. The molecule has 0 amide bonds. The number of halogens is 1. The maximum atomic E-state index is 13.9. The van der Waals surface area contributed by atoms with Crippen LogP contribution in [0.15, 0.2) is 18.2 Å². The standard InChI is InChI=1S/C15H22FN3OS/c1-15(2,20)10-18-5-7-19(8-6-18)11-3-4-12(14(17)21)13(16)9-11/h3-4,9,20H,5-8,10H2,1-2H3,(H2,17,21). The van der Waals surface area contributed by atoms with Crippen LogP contribution in [-0.4, -0.2) is 53.3 Å². The van der Waals surface area contributed by atoms with E-state index in [0.29, 0.717) is 6.54 Å². The molecular formula is C15H22FN3OS. The molecule has 0 aromatic heterocycles. The molecule has 4 nitrogen and oxygen atoms in total. The number of thiocarbonyl (C=S) groups is 1. The molecule has 1 saturated heterocycles. The summed E-state index contributed by atoms with van der Waals surface area (Å²) in [7, 11) is 0. The van der Waals surface area contributed by atoms with Gasteiger partial charge in [-0.25, -0.2) is 4.39 Å². The fourth-order valence-corrected chi connectivity index (χ4v) is 2.78. The van der Waals surface area contributed by atoms with Crippen molar-refractivity contribution in [3.63, 3.8) is 0 Å². The number of hydrogen-bond acceptors (Lipinski definition) is 4. The van der Waals surface area contributed by atoms with Crippen molar-refractivity contribution >= 4 is 22.9 Å². The highest BCUT2D eigenvalue weighted by molar-refractivity contribution is 7.80. The smallest absolute Gasteiger partial charge is 0.135 e. The average Bonchev–Trinajstić information content (AvgIpc) is 2.37. The summed E-state index contributed by atoms with van der Waals surface area (Å²) in [4.78, 5) is 4.43. The van der Waals surface area contributed by atoms with Crippen LogP contribution >= 0.6 is 12.2 Å². The second-order valence-electron chi connectivity index (χ2n) is 6.10. The lowest BCUT2D eigenvalue weighted by molar-refractivity contribution is 0.0345. The van der Waals surface area contributed by atoms with Crippen molar-refractivity contribution in [3.8, 4) is 0 Å². The summed E-state index contributed by atoms with van der Waals surface area (Å²) >= 11 is 4.81. The van der Waals surface area contributed by atoms with Crippen molar-refractivity contribution in [2.75, 3.05) is 37.6 Å². The van der Waals surface area contributed by atoms with Gasteiger partial charge in [-0.05, 0) is 32.0 Å². The van der Waals surface area contributed by atoms with Gasteiger partial charge in [0.2, 0.25) is 0 Å². The van der Waals surface area contributed by atoms with E-state index in [-0.39, 0.29) is 16.4 Å². The molecule has 21 heavy (non-hydrogen) atoms. The van der Waals surface area contributed by atoms with E-state index < -0.39 is 5.60 Å². The third kappa shape index (κ3) is 4.36. The van der Waals surface area contributed by atoms with Gasteiger partial charge in [-0.3, -0.25) is 4.90 Å². The lowest BCUT2D eigenvalue weighted by Crippen LogP contribution is -2.50. The highest BCUT2D eigenvalue weighted by Gasteiger charge is 2.23. The summed E-state index contributed by atoms with van der Waals surface area (Å²) < 4.78 is 13.9. The van der Waals surface area contributed by atoms with Gasteiger partial charge < -0.3 is 15.7 Å². The monoisotopic (exact) mass is 311 g/mol. The summed E-state index contributed by atoms with van der Waals surface area (Å²) in [6.45, 7) is 7.58. The molecule has 3 N–H and O–H groups in total. The molecule has 1 fully saturated rings. The van der Waals surface area contributed by atoms with Crippen molar-refractivity contribution in [1.29, 1.82) is 0 Å². The first-order valence-corrected chi connectivity index (χ1v) is 7.46. The normalized spacial score (nSPS) is 17.0. The number of nitrogens with two attached hydrogens (primary N) is 1. The molecule has 6 heteroatoms. The van der Waals surface area contributed by atoms with E-state index in [9.17, 15) is 9.50 Å². The van der Waals surface area contributed by atoms with E-state index in [2.05, 4.69) is 9.80 Å². The van der Waals surface area contributed by atoms with Gasteiger partial charge in [-0.1, -0.05) is 12.2 Å². The van der Waals surface area contributed by atoms with Crippen LogP contribution in [0.2, 0.25) is 0 Å². The van der Waals surface area contributed by atoms with Crippen LogP contribution in [0.4, 0.5) is 10.1 Å². The van der Waals surface area contributed by atoms with Gasteiger partial charge in [0, 0.05) is 44.0 Å². The minimum atomic E-state index is -0.688. The number of piperazine rings is 1. The molecule has 1 aliphatic heterocycles. The Morgan fingerprint density at radius 1 is 1.33 bits per heavy atom. The number of β-amino-alcohol motifs (C(OH)–C–C–N with tert-alkyl or cyclic N) is 1. The maximum Gasteiger partial charge on any atom is 0.135 e. The van der Waals surface area contributed by atoms with Crippen LogP contribution in [0.5, 0.6) is 0 Å². The zero-order chi connectivity index (χ0) is 15.6. The highest BCUT2D eigenvalue weighted by Crippen LogP contribution is 2.20. The van der Waals surface area contributed by atoms with E-state index in [1.54, 1.807) is 6.07 Å². The summed E-state index contributed by atoms with van der Waals surface area (Å²) in [5, 5.41) is 9.84. The molecule has 0 saturated carbocycles. The van der Waals surface area contributed by atoms with Crippen molar-refractivity contribution in [1.82, 2.24) is 4.90 Å². The molecular weight excluding hydrogens is 289 g/mol. The highest BCUT2D eigenvalue weighted by atomic mass is 32.1. The SMILES string of the molecule is CC(C)(O)CN1CCN(c2ccc(C(N)=S)c(F)c2)CC1. The molecule has 0 atom stereocenters. The molecule has 0 radical (unpaired) electrons. The number of nitrogens with zero attached hydrogens (tertiary/aromatic N) is 2. The van der Waals surface area contributed by atoms with Crippen LogP contribution in [-0.2, 0) is 0 Å². The van der Waals surface area contributed by atoms with Crippen LogP contribution < -0.4 is 10.6 Å². The predicted molar refractivity (Wildman–Crippen MR) is 87.2 cm³/mol. The predicted octanol–water partition coefficient (Wildman–Crippen LogP) is 1.35. The Bertz CT molecular complexity index is 522. The quantitative estimate of drug-likeness (QED) is 0.822. The minimum absolute atomic E-state index is 0.0778. The summed E-state index contributed by atoms with van der Waals surface area (Å²) in [5.74, 6) is -0.376. The molecule has 1 aromatic carbocycles. The Morgan fingerprint density at radius 3 is 2.43 bits per heavy atom.